The predicted octanol–water partition coefficient (Wildman–Crippen LogP) is 1.03. The number of carbonyl (C=O) groups is 2. The van der Waals surface area contributed by atoms with Gasteiger partial charge in [-0.05, 0) is 18.8 Å². The number of nitrogens with one attached hydrogen (secondary N) is 1. The average Bonchev–Trinajstić information content (AvgIpc) is 2.86. The Labute approximate surface area is 142 Å². The van der Waals surface area contributed by atoms with E-state index in [0.29, 0.717) is 18.9 Å². The van der Waals surface area contributed by atoms with Crippen LogP contribution in [0.3, 0.4) is 0 Å². The van der Waals surface area contributed by atoms with Crippen molar-refractivity contribution in [3.8, 4) is 0 Å². The van der Waals surface area contributed by atoms with Crippen molar-refractivity contribution in [3.63, 3.8) is 0 Å². The van der Waals surface area contributed by atoms with Crippen molar-refractivity contribution in [1.29, 1.82) is 0 Å². The van der Waals surface area contributed by atoms with Crippen LogP contribution in [0.25, 0.3) is 0 Å². The van der Waals surface area contributed by atoms with Gasteiger partial charge in [0.2, 0.25) is 0 Å². The van der Waals surface area contributed by atoms with Crippen molar-refractivity contribution in [1.82, 2.24) is 5.32 Å². The molecule has 2 N–H and O–H groups in total. The summed E-state index contributed by atoms with van der Waals surface area (Å²) in [5.74, 6) is -0.947. The molecule has 3 rings (SSSR count). The average molecular weight is 337 g/mol. The molecule has 2 aliphatic carbocycles. The maximum Gasteiger partial charge on any atom is 0.319 e. The van der Waals surface area contributed by atoms with Crippen LogP contribution in [-0.2, 0) is 19.1 Å². The first-order valence-corrected chi connectivity index (χ1v) is 8.75. The Balaban J connectivity index is 1.78. The summed E-state index contributed by atoms with van der Waals surface area (Å²) in [5, 5.41) is 14.1. The highest BCUT2D eigenvalue weighted by Gasteiger charge is 2.59. The van der Waals surface area contributed by atoms with Crippen LogP contribution in [0.5, 0.6) is 0 Å². The Bertz CT molecular complexity index is 560. The number of aliphatic hydroxyl groups is 1. The zero-order valence-corrected chi connectivity index (χ0v) is 14.6. The fraction of sp³-hybridized carbons (Fsp3) is 0.778. The van der Waals surface area contributed by atoms with Gasteiger partial charge in [0.05, 0.1) is 25.7 Å². The van der Waals surface area contributed by atoms with Gasteiger partial charge in [-0.1, -0.05) is 25.5 Å². The topological polar surface area (TPSA) is 84.9 Å². The predicted molar refractivity (Wildman–Crippen MR) is 87.0 cm³/mol. The zero-order chi connectivity index (χ0) is 17.5. The monoisotopic (exact) mass is 337 g/mol. The Morgan fingerprint density at radius 1 is 1.54 bits per heavy atom. The fourth-order valence-corrected chi connectivity index (χ4v) is 4.70. The number of ether oxygens (including phenoxy) is 2. The summed E-state index contributed by atoms with van der Waals surface area (Å²) in [6, 6.07) is 0. The molecule has 134 valence electrons. The van der Waals surface area contributed by atoms with Gasteiger partial charge in [0.1, 0.15) is 6.10 Å². The van der Waals surface area contributed by atoms with Crippen LogP contribution < -0.4 is 5.32 Å². The third-order valence-electron chi connectivity index (χ3n) is 6.43. The van der Waals surface area contributed by atoms with Crippen LogP contribution in [-0.4, -0.2) is 49.5 Å². The van der Waals surface area contributed by atoms with Gasteiger partial charge >= 0.3 is 11.9 Å². The summed E-state index contributed by atoms with van der Waals surface area (Å²) < 4.78 is 10.2. The number of carbonyl (C=O) groups excluding carboxylic acids is 2. The van der Waals surface area contributed by atoms with Crippen LogP contribution >= 0.6 is 0 Å². The van der Waals surface area contributed by atoms with Gasteiger partial charge < -0.3 is 19.9 Å². The number of esters is 2. The van der Waals surface area contributed by atoms with Gasteiger partial charge in [0, 0.05) is 24.3 Å². The molecule has 2 fully saturated rings. The zero-order valence-electron chi connectivity index (χ0n) is 14.6. The van der Waals surface area contributed by atoms with Crippen molar-refractivity contribution >= 4 is 11.9 Å². The quantitative estimate of drug-likeness (QED) is 0.589. The van der Waals surface area contributed by atoms with E-state index in [1.165, 1.54) is 12.7 Å². The Morgan fingerprint density at radius 2 is 2.29 bits per heavy atom. The lowest BCUT2D eigenvalue weighted by atomic mass is 9.55. The van der Waals surface area contributed by atoms with Crippen molar-refractivity contribution in [2.75, 3.05) is 20.2 Å². The van der Waals surface area contributed by atoms with Crippen molar-refractivity contribution in [2.24, 2.45) is 23.2 Å². The molecule has 6 unspecified atom stereocenters. The molecule has 1 heterocycles. The maximum atomic E-state index is 12.3. The van der Waals surface area contributed by atoms with Crippen LogP contribution in [0.15, 0.2) is 11.6 Å². The number of hydrogen-bond donors (Lipinski definition) is 2. The highest BCUT2D eigenvalue weighted by Crippen LogP contribution is 2.55. The smallest absolute Gasteiger partial charge is 0.319 e. The van der Waals surface area contributed by atoms with E-state index in [2.05, 4.69) is 30.0 Å². The number of rotatable bonds is 4. The lowest BCUT2D eigenvalue weighted by molar-refractivity contribution is -0.145. The van der Waals surface area contributed by atoms with Crippen molar-refractivity contribution in [2.45, 2.75) is 45.3 Å². The van der Waals surface area contributed by atoms with Gasteiger partial charge in [0.25, 0.3) is 0 Å². The molecule has 1 saturated heterocycles. The summed E-state index contributed by atoms with van der Waals surface area (Å²) in [7, 11) is 1.33. The summed E-state index contributed by atoms with van der Waals surface area (Å²) in [4.78, 5) is 23.6. The SMILES string of the molecule is COC(=O)CNCC1C(=O)OC2CC3=CCCC(C)C3(C)C(O)C21. The molecule has 1 saturated carbocycles. The van der Waals surface area contributed by atoms with E-state index < -0.39 is 12.0 Å². The van der Waals surface area contributed by atoms with E-state index in [9.17, 15) is 14.7 Å². The first-order chi connectivity index (χ1) is 11.4. The van der Waals surface area contributed by atoms with Crippen LogP contribution in [0.1, 0.15) is 33.1 Å². The summed E-state index contributed by atoms with van der Waals surface area (Å²) in [5.41, 5.74) is 0.930. The molecule has 3 aliphatic rings. The highest BCUT2D eigenvalue weighted by molar-refractivity contribution is 5.76. The molecule has 6 atom stereocenters. The van der Waals surface area contributed by atoms with Gasteiger partial charge in [-0.2, -0.15) is 0 Å². The molecule has 0 spiro atoms. The number of methoxy groups -OCH3 is 1. The first kappa shape index (κ1) is 17.4. The first-order valence-electron chi connectivity index (χ1n) is 8.75. The molecule has 1 aliphatic heterocycles. The minimum atomic E-state index is -0.617. The largest absolute Gasteiger partial charge is 0.468 e. The molecular formula is C18H27NO5. The minimum Gasteiger partial charge on any atom is -0.468 e. The number of aliphatic hydroxyl groups excluding tert-OH is 1. The molecule has 0 radical (unpaired) electrons. The lowest BCUT2D eigenvalue weighted by Crippen LogP contribution is -2.54. The summed E-state index contributed by atoms with van der Waals surface area (Å²) in [6.07, 6.45) is 4.12. The van der Waals surface area contributed by atoms with Gasteiger partial charge in [-0.3, -0.25) is 9.59 Å². The van der Waals surface area contributed by atoms with Crippen molar-refractivity contribution < 1.29 is 24.2 Å². The molecule has 0 aromatic carbocycles. The molecular weight excluding hydrogens is 310 g/mol. The second-order valence-corrected chi connectivity index (χ2v) is 7.51. The molecule has 6 heteroatoms. The van der Waals surface area contributed by atoms with E-state index in [1.807, 2.05) is 0 Å². The Hall–Kier alpha value is -1.40. The molecule has 24 heavy (non-hydrogen) atoms. The van der Waals surface area contributed by atoms with Gasteiger partial charge in [-0.25, -0.2) is 0 Å². The lowest BCUT2D eigenvalue weighted by Gasteiger charge is -2.51. The van der Waals surface area contributed by atoms with Gasteiger partial charge in [0.15, 0.2) is 0 Å². The number of allylic oxidation sites excluding steroid dienone is 1. The second-order valence-electron chi connectivity index (χ2n) is 7.51. The highest BCUT2D eigenvalue weighted by atomic mass is 16.6. The molecule has 0 bridgehead atoms. The molecule has 0 aromatic heterocycles. The standard InChI is InChI=1S/C18H27NO5/c1-10-5-4-6-11-7-13-15(16(21)18(10,11)2)12(17(22)24-13)8-19-9-14(20)23-3/h6,10,12-13,15-16,19,21H,4-5,7-9H2,1-3H3. The van der Waals surface area contributed by atoms with Crippen LogP contribution in [0.4, 0.5) is 0 Å². The van der Waals surface area contributed by atoms with E-state index in [-0.39, 0.29) is 35.9 Å². The Kier molecular flexibility index (Phi) is 4.71. The van der Waals surface area contributed by atoms with Crippen LogP contribution in [0.2, 0.25) is 0 Å². The minimum absolute atomic E-state index is 0.0482. The summed E-state index contributed by atoms with van der Waals surface area (Å²) in [6.45, 7) is 4.66. The second kappa shape index (κ2) is 6.48. The number of fused-ring (bicyclic) bond motifs is 2. The Morgan fingerprint density at radius 3 is 3.00 bits per heavy atom. The maximum absolute atomic E-state index is 12.3. The molecule has 6 nitrogen and oxygen atoms in total. The third-order valence-corrected chi connectivity index (χ3v) is 6.43. The van der Waals surface area contributed by atoms with Crippen LogP contribution in [0, 0.1) is 23.2 Å². The molecule has 0 amide bonds. The van der Waals surface area contributed by atoms with E-state index in [4.69, 9.17) is 4.74 Å². The summed E-state index contributed by atoms with van der Waals surface area (Å²) >= 11 is 0. The fourth-order valence-electron chi connectivity index (χ4n) is 4.70. The number of hydrogen-bond acceptors (Lipinski definition) is 6. The third kappa shape index (κ3) is 2.65. The van der Waals surface area contributed by atoms with E-state index >= 15 is 0 Å². The van der Waals surface area contributed by atoms with Gasteiger partial charge in [-0.15, -0.1) is 0 Å². The van der Waals surface area contributed by atoms with E-state index in [1.54, 1.807) is 0 Å². The molecule has 0 aromatic rings. The van der Waals surface area contributed by atoms with E-state index in [0.717, 1.165) is 12.8 Å². The normalized spacial score (nSPS) is 41.1. The van der Waals surface area contributed by atoms with Crippen molar-refractivity contribution in [3.05, 3.63) is 11.6 Å².